The van der Waals surface area contributed by atoms with Gasteiger partial charge in [0.1, 0.15) is 5.75 Å². The van der Waals surface area contributed by atoms with E-state index in [1.165, 1.54) is 0 Å². The van der Waals surface area contributed by atoms with E-state index in [0.717, 1.165) is 0 Å². The number of hydrogen-bond acceptors (Lipinski definition) is 16. The molecule has 4 aliphatic rings. The maximum atomic E-state index is 6.47. The first-order valence-corrected chi connectivity index (χ1v) is 8.41. The van der Waals surface area contributed by atoms with Crippen LogP contribution in [0.4, 0.5) is 11.4 Å². The molecule has 0 aromatic heterocycles. The standard InChI is InChI=1S/C13H22N12O4/c14-3-1-4(15)8(17)26-6(1)2-7(5(3)16)27-13(10(24-25-10)9(2,18)19)28-11(20,21)12(22,23)29-13/h4,8H,14-23H2. The van der Waals surface area contributed by atoms with Gasteiger partial charge in [-0.3, -0.25) is 38.1 Å². The highest BCUT2D eigenvalue weighted by Gasteiger charge is 2.84. The van der Waals surface area contributed by atoms with E-state index in [9.17, 15) is 0 Å². The number of hydrogen-bond donors (Lipinski definition) is 10. The molecule has 29 heavy (non-hydrogen) atoms. The highest BCUT2D eigenvalue weighted by atomic mass is 16.9. The lowest BCUT2D eigenvalue weighted by molar-refractivity contribution is -0.349. The number of rotatable bonds is 0. The van der Waals surface area contributed by atoms with Gasteiger partial charge in [0.05, 0.1) is 23.0 Å². The van der Waals surface area contributed by atoms with E-state index in [2.05, 4.69) is 10.2 Å². The van der Waals surface area contributed by atoms with Crippen LogP contribution in [0.5, 0.6) is 11.5 Å². The van der Waals surface area contributed by atoms with Crippen LogP contribution in [0, 0.1) is 0 Å². The molecule has 4 heterocycles. The fourth-order valence-corrected chi connectivity index (χ4v) is 3.85. The lowest BCUT2D eigenvalue weighted by atomic mass is 9.82. The fraction of sp³-hybridized carbons (Fsp3) is 0.538. The van der Waals surface area contributed by atoms with E-state index < -0.39 is 41.3 Å². The third kappa shape index (κ3) is 1.82. The summed E-state index contributed by atoms with van der Waals surface area (Å²) in [4.78, 5) is 0. The van der Waals surface area contributed by atoms with Crippen LogP contribution in [0.15, 0.2) is 10.2 Å². The van der Waals surface area contributed by atoms with Crippen molar-refractivity contribution >= 4 is 11.4 Å². The first kappa shape index (κ1) is 18.6. The molecule has 16 heteroatoms. The van der Waals surface area contributed by atoms with Gasteiger partial charge in [-0.25, -0.2) is 0 Å². The molecule has 16 nitrogen and oxygen atoms in total. The fourth-order valence-electron chi connectivity index (χ4n) is 3.85. The summed E-state index contributed by atoms with van der Waals surface area (Å²) in [5, 5.41) is 7.83. The van der Waals surface area contributed by atoms with Crippen LogP contribution in [0.3, 0.4) is 0 Å². The van der Waals surface area contributed by atoms with Crippen molar-refractivity contribution in [2.24, 2.45) is 56.1 Å². The van der Waals surface area contributed by atoms with Gasteiger partial charge in [0, 0.05) is 5.56 Å². The molecule has 1 saturated heterocycles. The minimum Gasteiger partial charge on any atom is -0.473 e. The van der Waals surface area contributed by atoms with Crippen molar-refractivity contribution in [3.05, 3.63) is 11.1 Å². The molecule has 0 saturated carbocycles. The van der Waals surface area contributed by atoms with Crippen molar-refractivity contribution in [3.8, 4) is 11.5 Å². The Morgan fingerprint density at radius 1 is 0.793 bits per heavy atom. The SMILES string of the molecule is Nc1c(N)c2c(c3c1OC1(OC(N)(N)C(N)(N)O1)C1(N=N1)C3(N)N)OC(N)C2N. The first-order valence-electron chi connectivity index (χ1n) is 8.41. The van der Waals surface area contributed by atoms with Crippen molar-refractivity contribution in [2.45, 2.75) is 41.3 Å². The Morgan fingerprint density at radius 2 is 1.34 bits per heavy atom. The van der Waals surface area contributed by atoms with Crippen LogP contribution >= 0.6 is 0 Å². The van der Waals surface area contributed by atoms with Crippen molar-refractivity contribution < 1.29 is 18.9 Å². The molecule has 1 aromatic rings. The lowest BCUT2D eigenvalue weighted by Crippen LogP contribution is -2.74. The Labute approximate surface area is 162 Å². The van der Waals surface area contributed by atoms with E-state index in [4.69, 9.17) is 76.3 Å². The monoisotopic (exact) mass is 410 g/mol. The topological polar surface area (TPSA) is 322 Å². The molecule has 1 fully saturated rings. The average molecular weight is 410 g/mol. The first-order chi connectivity index (χ1) is 13.2. The molecule has 0 aliphatic carbocycles. The predicted octanol–water partition coefficient (Wildman–Crippen LogP) is -5.00. The van der Waals surface area contributed by atoms with E-state index in [0.29, 0.717) is 5.56 Å². The van der Waals surface area contributed by atoms with Crippen LogP contribution in [0.1, 0.15) is 17.2 Å². The third-order valence-corrected chi connectivity index (χ3v) is 5.64. The molecule has 2 spiro atoms. The van der Waals surface area contributed by atoms with Gasteiger partial charge in [-0.2, -0.15) is 0 Å². The number of nitrogens with zero attached hydrogens (tertiary/aromatic N) is 2. The third-order valence-electron chi connectivity index (χ3n) is 5.64. The molecule has 2 unspecified atom stereocenters. The zero-order valence-electron chi connectivity index (χ0n) is 15.0. The maximum Gasteiger partial charge on any atom is 0.388 e. The molecule has 0 amide bonds. The Morgan fingerprint density at radius 3 is 1.86 bits per heavy atom. The normalized spacial score (nSPS) is 32.6. The zero-order valence-corrected chi connectivity index (χ0v) is 15.0. The van der Waals surface area contributed by atoms with Gasteiger partial charge in [-0.1, -0.05) is 0 Å². The van der Waals surface area contributed by atoms with Gasteiger partial charge in [0.25, 0.3) is 0 Å². The Bertz CT molecular complexity index is 969. The molecule has 20 N–H and O–H groups in total. The van der Waals surface area contributed by atoms with Gasteiger partial charge in [-0.05, 0) is 0 Å². The van der Waals surface area contributed by atoms with Gasteiger partial charge < -0.3 is 38.1 Å². The number of fused-ring (bicyclic) bond motifs is 4. The number of nitrogen functional groups attached to an aromatic ring is 2. The Hall–Kier alpha value is -2.38. The summed E-state index contributed by atoms with van der Waals surface area (Å²) in [7, 11) is 0. The largest absolute Gasteiger partial charge is 0.473 e. The van der Waals surface area contributed by atoms with E-state index in [1.807, 2.05) is 0 Å². The Kier molecular flexibility index (Phi) is 3.01. The van der Waals surface area contributed by atoms with Crippen molar-refractivity contribution in [3.63, 3.8) is 0 Å². The van der Waals surface area contributed by atoms with Crippen LogP contribution in [-0.4, -0.2) is 29.6 Å². The van der Waals surface area contributed by atoms with Gasteiger partial charge >= 0.3 is 11.6 Å². The lowest BCUT2D eigenvalue weighted by Gasteiger charge is -2.46. The molecular weight excluding hydrogens is 388 g/mol. The van der Waals surface area contributed by atoms with E-state index in [1.54, 1.807) is 0 Å². The van der Waals surface area contributed by atoms with Crippen LogP contribution in [0.2, 0.25) is 0 Å². The number of benzene rings is 1. The summed E-state index contributed by atoms with van der Waals surface area (Å²) in [6.45, 7) is 0. The summed E-state index contributed by atoms with van der Waals surface area (Å²) < 4.78 is 22.6. The molecule has 0 radical (unpaired) electrons. The summed E-state index contributed by atoms with van der Waals surface area (Å²) in [6, 6.07) is -0.797. The Balaban J connectivity index is 1.78. The van der Waals surface area contributed by atoms with Crippen LogP contribution < -0.4 is 66.8 Å². The minimum absolute atomic E-state index is 0.0438. The second kappa shape index (κ2) is 4.68. The van der Waals surface area contributed by atoms with Gasteiger partial charge in [-0.15, -0.1) is 10.2 Å². The molecule has 5 rings (SSSR count). The van der Waals surface area contributed by atoms with E-state index >= 15 is 0 Å². The second-order valence-corrected chi connectivity index (χ2v) is 7.57. The maximum absolute atomic E-state index is 6.47. The number of nitrogens with two attached hydrogens (primary N) is 10. The van der Waals surface area contributed by atoms with Gasteiger partial charge in [0.2, 0.25) is 11.7 Å². The molecule has 4 aliphatic heterocycles. The summed E-state index contributed by atoms with van der Waals surface area (Å²) in [5.74, 6) is -6.86. The second-order valence-electron chi connectivity index (χ2n) is 7.57. The van der Waals surface area contributed by atoms with Crippen LogP contribution in [-0.2, 0) is 15.1 Å². The zero-order chi connectivity index (χ0) is 21.4. The highest BCUT2D eigenvalue weighted by molar-refractivity contribution is 5.83. The molecule has 158 valence electrons. The highest BCUT2D eigenvalue weighted by Crippen LogP contribution is 2.64. The average Bonchev–Trinajstić information content (AvgIpc) is 3.31. The minimum atomic E-state index is -2.34. The molecule has 0 bridgehead atoms. The van der Waals surface area contributed by atoms with Crippen molar-refractivity contribution in [1.82, 2.24) is 0 Å². The van der Waals surface area contributed by atoms with Crippen LogP contribution in [0.25, 0.3) is 0 Å². The van der Waals surface area contributed by atoms with E-state index in [-0.39, 0.29) is 28.4 Å². The van der Waals surface area contributed by atoms with Gasteiger partial charge in [0.15, 0.2) is 17.6 Å². The predicted molar refractivity (Wildman–Crippen MR) is 96.2 cm³/mol. The van der Waals surface area contributed by atoms with Crippen molar-refractivity contribution in [2.75, 3.05) is 11.5 Å². The van der Waals surface area contributed by atoms with Crippen molar-refractivity contribution in [1.29, 1.82) is 0 Å². The summed E-state index contributed by atoms with van der Waals surface area (Å²) >= 11 is 0. The number of ether oxygens (including phenoxy) is 4. The molecule has 2 atom stereocenters. The molecular formula is C13H22N12O4. The molecule has 1 aromatic carbocycles. The summed E-state index contributed by atoms with van der Waals surface area (Å²) in [5.41, 5.74) is 57.0. The quantitative estimate of drug-likeness (QED) is 0.109. The number of anilines is 2. The summed E-state index contributed by atoms with van der Waals surface area (Å²) in [6.07, 6.45) is -0.936. The smallest absolute Gasteiger partial charge is 0.388 e.